The molecule has 1 amide bonds. The third-order valence-corrected chi connectivity index (χ3v) is 3.86. The Morgan fingerprint density at radius 3 is 2.62 bits per heavy atom. The van der Waals surface area contributed by atoms with Crippen LogP contribution >= 0.6 is 0 Å². The first-order valence-corrected chi connectivity index (χ1v) is 8.51. The molecule has 1 fully saturated rings. The minimum Gasteiger partial charge on any atom is -0.491 e. The second-order valence-electron chi connectivity index (χ2n) is 7.59. The van der Waals surface area contributed by atoms with Gasteiger partial charge in [0.15, 0.2) is 0 Å². The quantitative estimate of drug-likeness (QED) is 0.763. The van der Waals surface area contributed by atoms with Crippen LogP contribution in [0.15, 0.2) is 24.3 Å². The first kappa shape index (κ1) is 20.0. The SMILES string of the molecule is COC(=O)c1cccc(OC[C@H]2COC(C)(C)N2C(=O)OC(C)(C)C)c1. The summed E-state index contributed by atoms with van der Waals surface area (Å²) in [6, 6.07) is 6.40. The molecule has 0 saturated carbocycles. The number of carbonyl (C=O) groups is 2. The van der Waals surface area contributed by atoms with E-state index in [0.717, 1.165) is 0 Å². The minimum atomic E-state index is -0.787. The molecule has 0 bridgehead atoms. The number of amides is 1. The van der Waals surface area contributed by atoms with Crippen molar-refractivity contribution in [3.8, 4) is 5.75 Å². The zero-order valence-corrected chi connectivity index (χ0v) is 16.2. The van der Waals surface area contributed by atoms with Gasteiger partial charge >= 0.3 is 12.1 Å². The second-order valence-corrected chi connectivity index (χ2v) is 7.59. The Morgan fingerprint density at radius 1 is 1.31 bits per heavy atom. The molecular weight excluding hydrogens is 338 g/mol. The number of ether oxygens (including phenoxy) is 4. The maximum Gasteiger partial charge on any atom is 0.413 e. The van der Waals surface area contributed by atoms with Crippen LogP contribution in [0, 0.1) is 0 Å². The van der Waals surface area contributed by atoms with E-state index in [2.05, 4.69) is 0 Å². The molecule has 1 heterocycles. The van der Waals surface area contributed by atoms with Crippen LogP contribution in [0.4, 0.5) is 4.79 Å². The number of esters is 1. The Kier molecular flexibility index (Phi) is 5.81. The molecular formula is C19H27NO6. The van der Waals surface area contributed by atoms with E-state index in [1.165, 1.54) is 7.11 Å². The van der Waals surface area contributed by atoms with Gasteiger partial charge in [-0.15, -0.1) is 0 Å². The fourth-order valence-electron chi connectivity index (χ4n) is 2.71. The summed E-state index contributed by atoms with van der Waals surface area (Å²) in [6.07, 6.45) is -0.447. The monoisotopic (exact) mass is 365 g/mol. The topological polar surface area (TPSA) is 74.3 Å². The summed E-state index contributed by atoms with van der Waals surface area (Å²) in [5.41, 5.74) is -0.989. The van der Waals surface area contributed by atoms with Crippen molar-refractivity contribution in [1.29, 1.82) is 0 Å². The first-order valence-electron chi connectivity index (χ1n) is 8.51. The van der Waals surface area contributed by atoms with Crippen LogP contribution in [-0.4, -0.2) is 54.7 Å². The molecule has 1 aromatic carbocycles. The molecule has 0 N–H and O–H groups in total. The van der Waals surface area contributed by atoms with Crippen molar-refractivity contribution in [3.63, 3.8) is 0 Å². The zero-order valence-electron chi connectivity index (χ0n) is 16.2. The van der Waals surface area contributed by atoms with E-state index in [1.807, 2.05) is 34.6 Å². The van der Waals surface area contributed by atoms with Gasteiger partial charge in [-0.2, -0.15) is 0 Å². The minimum absolute atomic E-state index is 0.216. The highest BCUT2D eigenvalue weighted by molar-refractivity contribution is 5.89. The van der Waals surface area contributed by atoms with Crippen molar-refractivity contribution in [2.24, 2.45) is 0 Å². The molecule has 7 heteroatoms. The van der Waals surface area contributed by atoms with Gasteiger partial charge in [0.05, 0.1) is 25.3 Å². The van der Waals surface area contributed by atoms with Crippen LogP contribution in [0.1, 0.15) is 45.0 Å². The maximum absolute atomic E-state index is 12.6. The van der Waals surface area contributed by atoms with Crippen LogP contribution in [0.25, 0.3) is 0 Å². The van der Waals surface area contributed by atoms with E-state index in [4.69, 9.17) is 18.9 Å². The molecule has 2 rings (SSSR count). The predicted molar refractivity (Wildman–Crippen MR) is 95.2 cm³/mol. The van der Waals surface area contributed by atoms with Gasteiger partial charge in [0.2, 0.25) is 0 Å². The molecule has 144 valence electrons. The Balaban J connectivity index is 2.08. The number of carbonyl (C=O) groups excluding carboxylic acids is 2. The van der Waals surface area contributed by atoms with Gasteiger partial charge in [0.25, 0.3) is 0 Å². The van der Waals surface area contributed by atoms with E-state index in [9.17, 15) is 9.59 Å². The number of nitrogens with zero attached hydrogens (tertiary/aromatic N) is 1. The highest BCUT2D eigenvalue weighted by Gasteiger charge is 2.46. The Bertz CT molecular complexity index is 664. The van der Waals surface area contributed by atoms with E-state index < -0.39 is 23.4 Å². The van der Waals surface area contributed by atoms with Crippen LogP contribution in [0.3, 0.4) is 0 Å². The number of hydrogen-bond donors (Lipinski definition) is 0. The highest BCUT2D eigenvalue weighted by Crippen LogP contribution is 2.30. The summed E-state index contributed by atoms with van der Waals surface area (Å²) >= 11 is 0. The molecule has 1 aliphatic rings. The van der Waals surface area contributed by atoms with Gasteiger partial charge in [-0.05, 0) is 52.8 Å². The smallest absolute Gasteiger partial charge is 0.413 e. The standard InChI is InChI=1S/C19H27NO6/c1-18(2,3)26-17(22)20-14(12-25-19(20,4)5)11-24-15-9-7-8-13(10-15)16(21)23-6/h7-10,14H,11-12H2,1-6H3/t14-/m0/s1. The summed E-state index contributed by atoms with van der Waals surface area (Å²) < 4.78 is 21.7. The van der Waals surface area contributed by atoms with Gasteiger partial charge < -0.3 is 18.9 Å². The average Bonchev–Trinajstić information content (AvgIpc) is 2.85. The molecule has 26 heavy (non-hydrogen) atoms. The fourth-order valence-corrected chi connectivity index (χ4v) is 2.71. The first-order chi connectivity index (χ1) is 12.0. The zero-order chi connectivity index (χ0) is 19.5. The van der Waals surface area contributed by atoms with Crippen LogP contribution in [-0.2, 0) is 14.2 Å². The molecule has 0 unspecified atom stereocenters. The largest absolute Gasteiger partial charge is 0.491 e. The Labute approximate surface area is 154 Å². The number of hydrogen-bond acceptors (Lipinski definition) is 6. The highest BCUT2D eigenvalue weighted by atomic mass is 16.6. The number of methoxy groups -OCH3 is 1. The van der Waals surface area contributed by atoms with Gasteiger partial charge in [-0.25, -0.2) is 9.59 Å². The number of benzene rings is 1. The van der Waals surface area contributed by atoms with E-state index in [-0.39, 0.29) is 12.6 Å². The van der Waals surface area contributed by atoms with E-state index in [0.29, 0.717) is 17.9 Å². The third-order valence-electron chi connectivity index (χ3n) is 3.86. The molecule has 0 aromatic heterocycles. The summed E-state index contributed by atoms with van der Waals surface area (Å²) in [4.78, 5) is 25.8. The lowest BCUT2D eigenvalue weighted by atomic mass is 10.2. The maximum atomic E-state index is 12.6. The number of rotatable bonds is 4. The van der Waals surface area contributed by atoms with Gasteiger partial charge in [0.1, 0.15) is 23.7 Å². The molecule has 1 aromatic rings. The van der Waals surface area contributed by atoms with Gasteiger partial charge in [-0.3, -0.25) is 4.90 Å². The van der Waals surface area contributed by atoms with Crippen molar-refractivity contribution in [2.45, 2.75) is 52.0 Å². The predicted octanol–water partition coefficient (Wildman–Crippen LogP) is 3.22. The summed E-state index contributed by atoms with van der Waals surface area (Å²) in [6.45, 7) is 9.63. The summed E-state index contributed by atoms with van der Waals surface area (Å²) in [5.74, 6) is 0.0814. The Hall–Kier alpha value is -2.28. The van der Waals surface area contributed by atoms with Crippen molar-refractivity contribution in [2.75, 3.05) is 20.3 Å². The van der Waals surface area contributed by atoms with Crippen molar-refractivity contribution < 1.29 is 28.5 Å². The average molecular weight is 365 g/mol. The molecule has 0 radical (unpaired) electrons. The molecule has 1 saturated heterocycles. The normalized spacial score (nSPS) is 19.2. The lowest BCUT2D eigenvalue weighted by Crippen LogP contribution is -2.51. The van der Waals surface area contributed by atoms with Crippen molar-refractivity contribution >= 4 is 12.1 Å². The molecule has 0 spiro atoms. The lowest BCUT2D eigenvalue weighted by molar-refractivity contribution is -0.0637. The third kappa shape index (κ3) is 4.88. The molecule has 1 atom stereocenters. The van der Waals surface area contributed by atoms with Crippen LogP contribution in [0.2, 0.25) is 0 Å². The van der Waals surface area contributed by atoms with Crippen molar-refractivity contribution in [3.05, 3.63) is 29.8 Å². The van der Waals surface area contributed by atoms with Gasteiger partial charge in [0, 0.05) is 0 Å². The van der Waals surface area contributed by atoms with E-state index in [1.54, 1.807) is 29.2 Å². The molecule has 0 aliphatic carbocycles. The van der Waals surface area contributed by atoms with Crippen molar-refractivity contribution in [1.82, 2.24) is 4.90 Å². The van der Waals surface area contributed by atoms with Crippen LogP contribution < -0.4 is 4.74 Å². The van der Waals surface area contributed by atoms with Gasteiger partial charge in [-0.1, -0.05) is 6.07 Å². The Morgan fingerprint density at radius 2 is 2.00 bits per heavy atom. The molecule has 1 aliphatic heterocycles. The van der Waals surface area contributed by atoms with Crippen LogP contribution in [0.5, 0.6) is 5.75 Å². The van der Waals surface area contributed by atoms with E-state index >= 15 is 0 Å². The fraction of sp³-hybridized carbons (Fsp3) is 0.579. The summed E-state index contributed by atoms with van der Waals surface area (Å²) in [7, 11) is 1.33. The lowest BCUT2D eigenvalue weighted by Gasteiger charge is -2.35. The second kappa shape index (κ2) is 7.53. The summed E-state index contributed by atoms with van der Waals surface area (Å²) in [5, 5.41) is 0. The molecule has 7 nitrogen and oxygen atoms in total.